The predicted octanol–water partition coefficient (Wildman–Crippen LogP) is 3.65. The van der Waals surface area contributed by atoms with Gasteiger partial charge in [-0.2, -0.15) is 0 Å². The lowest BCUT2D eigenvalue weighted by molar-refractivity contribution is 0.0708. The average molecular weight is 393 g/mol. The van der Waals surface area contributed by atoms with Gasteiger partial charge in [0.2, 0.25) is 0 Å². The number of amides is 2. The average Bonchev–Trinajstić information content (AvgIpc) is 3.35. The van der Waals surface area contributed by atoms with E-state index < -0.39 is 11.3 Å². The third-order valence-corrected chi connectivity index (χ3v) is 6.53. The number of imide groups is 1. The maximum atomic E-state index is 13.3. The molecule has 0 fully saturated rings. The summed E-state index contributed by atoms with van der Waals surface area (Å²) in [5, 5.41) is 0. The number of rotatable bonds is 1. The number of hydrogen-bond donors (Lipinski definition) is 0. The van der Waals surface area contributed by atoms with Crippen molar-refractivity contribution in [2.75, 3.05) is 4.90 Å². The lowest BCUT2D eigenvalue weighted by atomic mass is 9.79. The van der Waals surface area contributed by atoms with Crippen molar-refractivity contribution in [2.45, 2.75) is 12.8 Å². The summed E-state index contributed by atoms with van der Waals surface area (Å²) in [6, 6.07) is 19.1. The largest absolute Gasteiger partial charge is 0.293 e. The Bertz CT molecular complexity index is 1290. The van der Waals surface area contributed by atoms with Crippen molar-refractivity contribution in [2.24, 2.45) is 5.41 Å². The van der Waals surface area contributed by atoms with Crippen molar-refractivity contribution in [3.05, 3.63) is 100 Å². The quantitative estimate of drug-likeness (QED) is 0.467. The first-order valence-corrected chi connectivity index (χ1v) is 9.80. The molecule has 5 nitrogen and oxygen atoms in total. The second kappa shape index (κ2) is 5.60. The van der Waals surface area contributed by atoms with Gasteiger partial charge in [-0.15, -0.1) is 0 Å². The van der Waals surface area contributed by atoms with E-state index in [-0.39, 0.29) is 30.3 Å². The van der Waals surface area contributed by atoms with Gasteiger partial charge in [-0.25, -0.2) is 4.90 Å². The highest BCUT2D eigenvalue weighted by Gasteiger charge is 2.57. The summed E-state index contributed by atoms with van der Waals surface area (Å²) < 4.78 is 0. The van der Waals surface area contributed by atoms with Gasteiger partial charge >= 0.3 is 0 Å². The molecule has 1 spiro atoms. The molecule has 144 valence electrons. The number of para-hydroxylation sites is 1. The van der Waals surface area contributed by atoms with Crippen LogP contribution in [-0.2, 0) is 12.8 Å². The standard InChI is InChI=1S/C25H15NO4/c27-21-16-8-4-5-9-17(16)22(28)25(21)12-14-10-11-18-20(19(14)13-25)24(30)26(23(18)29)15-6-2-1-3-7-15/h1-11H,12-13H2. The van der Waals surface area contributed by atoms with E-state index in [4.69, 9.17) is 0 Å². The predicted molar refractivity (Wildman–Crippen MR) is 109 cm³/mol. The molecule has 2 aliphatic carbocycles. The van der Waals surface area contributed by atoms with Crippen LogP contribution in [0, 0.1) is 5.41 Å². The maximum Gasteiger partial charge on any atom is 0.266 e. The molecule has 5 heteroatoms. The van der Waals surface area contributed by atoms with Crippen LogP contribution in [0.25, 0.3) is 0 Å². The summed E-state index contributed by atoms with van der Waals surface area (Å²) >= 11 is 0. The molecule has 1 aliphatic heterocycles. The Balaban J connectivity index is 1.47. The first-order chi connectivity index (χ1) is 14.5. The van der Waals surface area contributed by atoms with Crippen LogP contribution in [0.15, 0.2) is 66.7 Å². The molecule has 6 rings (SSSR count). The van der Waals surface area contributed by atoms with E-state index >= 15 is 0 Å². The zero-order valence-electron chi connectivity index (χ0n) is 15.8. The van der Waals surface area contributed by atoms with Gasteiger partial charge < -0.3 is 0 Å². The van der Waals surface area contributed by atoms with Crippen LogP contribution in [0.3, 0.4) is 0 Å². The van der Waals surface area contributed by atoms with Crippen LogP contribution in [0.1, 0.15) is 52.6 Å². The van der Waals surface area contributed by atoms with Gasteiger partial charge in [-0.05, 0) is 42.2 Å². The van der Waals surface area contributed by atoms with Crippen molar-refractivity contribution in [1.29, 1.82) is 0 Å². The highest BCUT2D eigenvalue weighted by atomic mass is 16.2. The summed E-state index contributed by atoms with van der Waals surface area (Å²) in [6.45, 7) is 0. The number of benzene rings is 3. The summed E-state index contributed by atoms with van der Waals surface area (Å²) in [7, 11) is 0. The van der Waals surface area contributed by atoms with Crippen molar-refractivity contribution in [3.8, 4) is 0 Å². The van der Waals surface area contributed by atoms with E-state index in [1.54, 1.807) is 60.7 Å². The SMILES string of the molecule is O=C1c2ccc3c(c2C(=O)N1c1ccccc1)CC1(C3)C(=O)c2ccccc2C1=O. The van der Waals surface area contributed by atoms with Crippen molar-refractivity contribution < 1.29 is 19.2 Å². The zero-order chi connectivity index (χ0) is 20.6. The third-order valence-electron chi connectivity index (χ3n) is 6.53. The molecule has 1 heterocycles. The number of hydrogen-bond acceptors (Lipinski definition) is 4. The minimum Gasteiger partial charge on any atom is -0.293 e. The Kier molecular flexibility index (Phi) is 3.18. The number of carbonyl (C=O) groups excluding carboxylic acids is 4. The van der Waals surface area contributed by atoms with E-state index in [0.29, 0.717) is 33.5 Å². The maximum absolute atomic E-state index is 13.3. The van der Waals surface area contributed by atoms with Gasteiger partial charge in [-0.3, -0.25) is 19.2 Å². The first-order valence-electron chi connectivity index (χ1n) is 9.80. The Morgan fingerprint density at radius 3 is 1.93 bits per heavy atom. The molecule has 2 amide bonds. The second-order valence-electron chi connectivity index (χ2n) is 8.05. The molecule has 3 aliphatic rings. The zero-order valence-corrected chi connectivity index (χ0v) is 15.8. The molecule has 0 saturated heterocycles. The molecule has 0 aromatic heterocycles. The van der Waals surface area contributed by atoms with Gasteiger partial charge in [0.05, 0.1) is 16.8 Å². The number of anilines is 1. The van der Waals surface area contributed by atoms with Gasteiger partial charge in [0.1, 0.15) is 5.41 Å². The van der Waals surface area contributed by atoms with Crippen LogP contribution < -0.4 is 4.90 Å². The van der Waals surface area contributed by atoms with E-state index in [0.717, 1.165) is 5.56 Å². The number of nitrogens with zero attached hydrogens (tertiary/aromatic N) is 1. The molecule has 0 bridgehead atoms. The van der Waals surface area contributed by atoms with Gasteiger partial charge in [0, 0.05) is 11.1 Å². The number of ketones is 2. The molecule has 0 saturated carbocycles. The highest BCUT2D eigenvalue weighted by molar-refractivity contribution is 6.35. The minimum atomic E-state index is -1.20. The molecule has 3 aromatic rings. The Labute approximate surface area is 171 Å². The van der Waals surface area contributed by atoms with Crippen molar-refractivity contribution >= 4 is 29.1 Å². The van der Waals surface area contributed by atoms with Crippen LogP contribution in [0.4, 0.5) is 5.69 Å². The summed E-state index contributed by atoms with van der Waals surface area (Å²) in [6.07, 6.45) is 0.411. The van der Waals surface area contributed by atoms with E-state index in [9.17, 15) is 19.2 Å². The lowest BCUT2D eigenvalue weighted by Gasteiger charge is -2.18. The fourth-order valence-corrected chi connectivity index (χ4v) is 5.13. The second-order valence-corrected chi connectivity index (χ2v) is 8.05. The summed E-state index contributed by atoms with van der Waals surface area (Å²) in [5.41, 5.74) is 2.29. The van der Waals surface area contributed by atoms with Crippen LogP contribution in [-0.4, -0.2) is 23.4 Å². The highest BCUT2D eigenvalue weighted by Crippen LogP contribution is 2.49. The Hall–Kier alpha value is -3.86. The molecular weight excluding hydrogens is 378 g/mol. The van der Waals surface area contributed by atoms with Gasteiger partial charge in [0.25, 0.3) is 11.8 Å². The number of Topliss-reactive ketones (excluding diaryl/α,β-unsaturated/α-hetero) is 2. The Morgan fingerprint density at radius 2 is 1.27 bits per heavy atom. The van der Waals surface area contributed by atoms with Crippen LogP contribution >= 0.6 is 0 Å². The lowest BCUT2D eigenvalue weighted by Crippen LogP contribution is -2.34. The van der Waals surface area contributed by atoms with Gasteiger partial charge in [-0.1, -0.05) is 48.5 Å². The molecule has 0 unspecified atom stereocenters. The monoisotopic (exact) mass is 393 g/mol. The van der Waals surface area contributed by atoms with E-state index in [1.807, 2.05) is 6.07 Å². The fraction of sp³-hybridized carbons (Fsp3) is 0.120. The van der Waals surface area contributed by atoms with E-state index in [1.165, 1.54) is 4.90 Å². The minimum absolute atomic E-state index is 0.152. The third kappa shape index (κ3) is 1.92. The smallest absolute Gasteiger partial charge is 0.266 e. The van der Waals surface area contributed by atoms with E-state index in [2.05, 4.69) is 0 Å². The topological polar surface area (TPSA) is 71.5 Å². The van der Waals surface area contributed by atoms with Crippen LogP contribution in [0.2, 0.25) is 0 Å². The number of carbonyl (C=O) groups is 4. The Morgan fingerprint density at radius 1 is 0.633 bits per heavy atom. The molecule has 30 heavy (non-hydrogen) atoms. The molecular formula is C25H15NO4. The normalized spacial score (nSPS) is 18.2. The molecule has 0 radical (unpaired) electrons. The molecule has 3 aromatic carbocycles. The van der Waals surface area contributed by atoms with Gasteiger partial charge in [0.15, 0.2) is 11.6 Å². The summed E-state index contributed by atoms with van der Waals surface area (Å²) in [4.78, 5) is 54.0. The van der Waals surface area contributed by atoms with Crippen molar-refractivity contribution in [1.82, 2.24) is 0 Å². The van der Waals surface area contributed by atoms with Crippen LogP contribution in [0.5, 0.6) is 0 Å². The first kappa shape index (κ1) is 17.0. The number of fused-ring (bicyclic) bond motifs is 4. The fourth-order valence-electron chi connectivity index (χ4n) is 5.13. The summed E-state index contributed by atoms with van der Waals surface area (Å²) in [5.74, 6) is -1.16. The van der Waals surface area contributed by atoms with Crippen molar-refractivity contribution in [3.63, 3.8) is 0 Å². The molecule has 0 atom stereocenters. The molecule has 0 N–H and O–H groups in total.